The predicted octanol–water partition coefficient (Wildman–Crippen LogP) is 9.57. The molecule has 0 aromatic heterocycles. The summed E-state index contributed by atoms with van der Waals surface area (Å²) in [6.45, 7) is 12.2. The molecule has 0 amide bonds. The van der Waals surface area contributed by atoms with E-state index < -0.39 is 8.24 Å². The Bertz CT molecular complexity index is 303. The number of hydrogen-bond acceptors (Lipinski definition) is 1. The number of hydrogen-bond donors (Lipinski definition) is 0. The van der Waals surface area contributed by atoms with Gasteiger partial charge in [-0.1, -0.05) is 137 Å². The zero-order valence-electron chi connectivity index (χ0n) is 21.1. The van der Waals surface area contributed by atoms with Crippen LogP contribution in [0.2, 0.25) is 17.1 Å². The van der Waals surface area contributed by atoms with Crippen molar-refractivity contribution in [1.29, 1.82) is 0 Å². The lowest BCUT2D eigenvalue weighted by Gasteiger charge is -2.45. The van der Waals surface area contributed by atoms with Gasteiger partial charge >= 0.3 is 0 Å². The Morgan fingerprint density at radius 3 is 1.04 bits per heavy atom. The summed E-state index contributed by atoms with van der Waals surface area (Å²) >= 11 is 0. The van der Waals surface area contributed by atoms with Gasteiger partial charge in [-0.2, -0.15) is 0 Å². The molecule has 28 heavy (non-hydrogen) atoms. The van der Waals surface area contributed by atoms with Crippen molar-refractivity contribution in [2.24, 2.45) is 0 Å². The van der Waals surface area contributed by atoms with E-state index in [4.69, 9.17) is 0 Å². The highest BCUT2D eigenvalue weighted by molar-refractivity contribution is 6.79. The molecule has 0 bridgehead atoms. The third kappa shape index (κ3) is 12.0. The van der Waals surface area contributed by atoms with Crippen LogP contribution >= 0.6 is 0 Å². The monoisotopic (exact) mass is 411 g/mol. The molecule has 0 saturated carbocycles. The van der Waals surface area contributed by atoms with E-state index >= 15 is 0 Å². The van der Waals surface area contributed by atoms with E-state index in [0.717, 1.165) is 11.1 Å². The molecule has 0 N–H and O–H groups in total. The minimum absolute atomic E-state index is 0.860. The van der Waals surface area contributed by atoms with Crippen LogP contribution in [-0.4, -0.2) is 26.9 Å². The van der Waals surface area contributed by atoms with E-state index in [-0.39, 0.29) is 0 Å². The van der Waals surface area contributed by atoms with Crippen molar-refractivity contribution in [2.45, 2.75) is 154 Å². The molecule has 0 saturated heterocycles. The zero-order chi connectivity index (χ0) is 21.3. The molecule has 0 aliphatic carbocycles. The van der Waals surface area contributed by atoms with Crippen molar-refractivity contribution in [3.05, 3.63) is 0 Å². The molecule has 0 aromatic carbocycles. The van der Waals surface area contributed by atoms with Crippen LogP contribution in [0.15, 0.2) is 0 Å². The summed E-state index contributed by atoms with van der Waals surface area (Å²) in [5.41, 5.74) is 1.72. The van der Waals surface area contributed by atoms with E-state index in [1.165, 1.54) is 109 Å². The zero-order valence-corrected chi connectivity index (χ0v) is 22.1. The highest BCUT2D eigenvalue weighted by Gasteiger charge is 2.41. The molecule has 2 heteroatoms. The van der Waals surface area contributed by atoms with Crippen molar-refractivity contribution < 1.29 is 0 Å². The van der Waals surface area contributed by atoms with Crippen LogP contribution in [0.4, 0.5) is 0 Å². The minimum Gasteiger partial charge on any atom is -0.328 e. The summed E-state index contributed by atoms with van der Waals surface area (Å²) in [4.78, 5) is 0. The summed E-state index contributed by atoms with van der Waals surface area (Å²) in [6, 6.07) is 1.49. The van der Waals surface area contributed by atoms with Gasteiger partial charge in [-0.15, -0.1) is 0 Å². The number of unbranched alkanes of at least 4 members (excludes halogenated alkanes) is 15. The molecular formula is C26H57NSi. The van der Waals surface area contributed by atoms with E-state index in [0.29, 0.717) is 0 Å². The molecule has 0 heterocycles. The van der Waals surface area contributed by atoms with Gasteiger partial charge in [0.2, 0.25) is 0 Å². The molecule has 0 radical (unpaired) electrons. The minimum atomic E-state index is -1.30. The van der Waals surface area contributed by atoms with Crippen LogP contribution in [0.1, 0.15) is 137 Å². The largest absolute Gasteiger partial charge is 0.328 e. The fourth-order valence-corrected chi connectivity index (χ4v) is 11.3. The fourth-order valence-electron chi connectivity index (χ4n) is 5.46. The van der Waals surface area contributed by atoms with Gasteiger partial charge < -0.3 is 4.57 Å². The standard InChI is InChI=1S/C26H57NSi/c1-8-9-10-11-12-13-14-15-16-17-18-19-20-21-22-23-24-28(25(2)3,26(4)5)27(6)7/h25-26H,8-24H2,1-7H3. The maximum absolute atomic E-state index is 2.65. The average molecular weight is 412 g/mol. The van der Waals surface area contributed by atoms with Gasteiger partial charge in [0.25, 0.3) is 0 Å². The summed E-state index contributed by atoms with van der Waals surface area (Å²) < 4.78 is 2.65. The highest BCUT2D eigenvalue weighted by Crippen LogP contribution is 2.38. The van der Waals surface area contributed by atoms with Crippen molar-refractivity contribution in [3.63, 3.8) is 0 Å². The van der Waals surface area contributed by atoms with E-state index in [9.17, 15) is 0 Å². The first-order valence-corrected chi connectivity index (χ1v) is 15.4. The second-order valence-corrected chi connectivity index (χ2v) is 15.9. The quantitative estimate of drug-likeness (QED) is 0.142. The van der Waals surface area contributed by atoms with Crippen LogP contribution in [0, 0.1) is 0 Å². The molecule has 0 atom stereocenters. The van der Waals surface area contributed by atoms with Gasteiger partial charge in [-0.3, -0.25) is 0 Å². The summed E-state index contributed by atoms with van der Waals surface area (Å²) in [7, 11) is 3.39. The molecule has 0 aliphatic heterocycles. The predicted molar refractivity (Wildman–Crippen MR) is 134 cm³/mol. The van der Waals surface area contributed by atoms with Gasteiger partial charge in [0, 0.05) is 0 Å². The van der Waals surface area contributed by atoms with Crippen LogP contribution in [0.25, 0.3) is 0 Å². The molecule has 0 aromatic rings. The molecule has 170 valence electrons. The Morgan fingerprint density at radius 1 is 0.500 bits per heavy atom. The lowest BCUT2D eigenvalue weighted by Crippen LogP contribution is -2.54. The molecule has 0 fully saturated rings. The van der Waals surface area contributed by atoms with Crippen molar-refractivity contribution in [3.8, 4) is 0 Å². The first kappa shape index (κ1) is 28.2. The van der Waals surface area contributed by atoms with Crippen LogP contribution < -0.4 is 0 Å². The van der Waals surface area contributed by atoms with Gasteiger partial charge in [-0.05, 0) is 31.2 Å². The summed E-state index contributed by atoms with van der Waals surface area (Å²) in [6.07, 6.45) is 23.4. The van der Waals surface area contributed by atoms with Gasteiger partial charge in [-0.25, -0.2) is 0 Å². The third-order valence-electron chi connectivity index (χ3n) is 7.26. The molecule has 0 aliphatic rings. The molecule has 0 rings (SSSR count). The maximum Gasteiger partial charge on any atom is 0.133 e. The third-order valence-corrected chi connectivity index (χ3v) is 14.1. The van der Waals surface area contributed by atoms with Crippen LogP contribution in [0.5, 0.6) is 0 Å². The lowest BCUT2D eigenvalue weighted by atomic mass is 10.0. The topological polar surface area (TPSA) is 3.24 Å². The van der Waals surface area contributed by atoms with Crippen LogP contribution in [0.3, 0.4) is 0 Å². The van der Waals surface area contributed by atoms with Crippen LogP contribution in [-0.2, 0) is 0 Å². The Labute approximate surface area is 181 Å². The van der Waals surface area contributed by atoms with Crippen molar-refractivity contribution in [2.75, 3.05) is 14.1 Å². The van der Waals surface area contributed by atoms with E-state index in [1.54, 1.807) is 0 Å². The maximum atomic E-state index is 2.65. The van der Waals surface area contributed by atoms with E-state index in [2.05, 4.69) is 53.3 Å². The number of nitrogens with zero attached hydrogens (tertiary/aromatic N) is 1. The average Bonchev–Trinajstić information content (AvgIpc) is 2.63. The van der Waals surface area contributed by atoms with Crippen molar-refractivity contribution in [1.82, 2.24) is 4.57 Å². The molecule has 1 nitrogen and oxygen atoms in total. The van der Waals surface area contributed by atoms with E-state index in [1.807, 2.05) is 0 Å². The highest BCUT2D eigenvalue weighted by atomic mass is 28.3. The normalized spacial score (nSPS) is 12.6. The Kier molecular flexibility index (Phi) is 18.1. The fraction of sp³-hybridized carbons (Fsp3) is 1.00. The van der Waals surface area contributed by atoms with Gasteiger partial charge in [0.05, 0.1) is 0 Å². The lowest BCUT2D eigenvalue weighted by molar-refractivity contribution is 0.526. The first-order chi connectivity index (χ1) is 13.4. The summed E-state index contributed by atoms with van der Waals surface area (Å²) in [5, 5.41) is 0. The first-order valence-electron chi connectivity index (χ1n) is 13.1. The Hall–Kier alpha value is 0.177. The SMILES string of the molecule is CCCCCCCCCCCCCCCCCC[Si](C(C)C)(C(C)C)N(C)C. The molecule has 0 unspecified atom stereocenters. The Morgan fingerprint density at radius 2 is 0.786 bits per heavy atom. The molecular weight excluding hydrogens is 354 g/mol. The Balaban J connectivity index is 3.55. The van der Waals surface area contributed by atoms with Gasteiger partial charge in [0.15, 0.2) is 0 Å². The molecule has 0 spiro atoms. The second-order valence-electron chi connectivity index (χ2n) is 10.2. The smallest absolute Gasteiger partial charge is 0.133 e. The van der Waals surface area contributed by atoms with Gasteiger partial charge in [0.1, 0.15) is 8.24 Å². The second kappa shape index (κ2) is 18.0. The number of rotatable bonds is 20. The summed E-state index contributed by atoms with van der Waals surface area (Å²) in [5.74, 6) is 0. The van der Waals surface area contributed by atoms with Crippen molar-refractivity contribution >= 4 is 8.24 Å².